The molecule has 5 heteroatoms. The Kier molecular flexibility index (Phi) is 7.15. The fraction of sp³-hybridized carbons (Fsp3) is 0.429. The molecular weight excluding hydrogens is 266 g/mol. The van der Waals surface area contributed by atoms with E-state index in [0.717, 1.165) is 12.0 Å². The molecule has 1 atom stereocenters. The number of carbonyl (C=O) groups is 2. The number of halogens is 1. The van der Waals surface area contributed by atoms with Crippen molar-refractivity contribution in [3.63, 3.8) is 0 Å². The van der Waals surface area contributed by atoms with Gasteiger partial charge in [-0.25, -0.2) is 0 Å². The molecule has 0 saturated carbocycles. The third-order valence-electron chi connectivity index (χ3n) is 2.73. The van der Waals surface area contributed by atoms with Crippen LogP contribution in [0.1, 0.15) is 24.8 Å². The second kappa shape index (κ2) is 8.67. The SMILES string of the molecule is NCCCCC(C(=O)Cl)C(=O)OCc1ccccc1. The largest absolute Gasteiger partial charge is 0.460 e. The van der Waals surface area contributed by atoms with Crippen molar-refractivity contribution in [2.24, 2.45) is 11.7 Å². The highest BCUT2D eigenvalue weighted by molar-refractivity contribution is 6.65. The standard InChI is InChI=1S/C14H18ClNO3/c15-13(17)12(8-4-5-9-16)14(18)19-10-11-6-2-1-3-7-11/h1-3,6-7,12H,4-5,8-10,16H2. The molecular formula is C14H18ClNO3. The van der Waals surface area contributed by atoms with E-state index in [1.807, 2.05) is 30.3 Å². The molecule has 0 bridgehead atoms. The summed E-state index contributed by atoms with van der Waals surface area (Å²) in [7, 11) is 0. The molecule has 0 aromatic heterocycles. The fourth-order valence-corrected chi connectivity index (χ4v) is 1.84. The van der Waals surface area contributed by atoms with Crippen LogP contribution >= 0.6 is 11.6 Å². The lowest BCUT2D eigenvalue weighted by Gasteiger charge is -2.12. The third kappa shape index (κ3) is 5.85. The summed E-state index contributed by atoms with van der Waals surface area (Å²) in [6.07, 6.45) is 1.82. The molecule has 104 valence electrons. The molecule has 0 radical (unpaired) electrons. The van der Waals surface area contributed by atoms with E-state index >= 15 is 0 Å². The molecule has 0 spiro atoms. The van der Waals surface area contributed by atoms with Crippen molar-refractivity contribution in [2.75, 3.05) is 6.54 Å². The Labute approximate surface area is 117 Å². The Morgan fingerprint density at radius 3 is 2.47 bits per heavy atom. The first kappa shape index (κ1) is 15.7. The summed E-state index contributed by atoms with van der Waals surface area (Å²) >= 11 is 5.43. The summed E-state index contributed by atoms with van der Waals surface area (Å²) in [4.78, 5) is 23.0. The van der Waals surface area contributed by atoms with Crippen molar-refractivity contribution in [2.45, 2.75) is 25.9 Å². The lowest BCUT2D eigenvalue weighted by Crippen LogP contribution is -2.23. The van der Waals surface area contributed by atoms with Crippen LogP contribution in [0.25, 0.3) is 0 Å². The van der Waals surface area contributed by atoms with Crippen LogP contribution in [0.4, 0.5) is 0 Å². The summed E-state index contributed by atoms with van der Waals surface area (Å²) in [5, 5.41) is -0.671. The number of nitrogens with two attached hydrogens (primary N) is 1. The van der Waals surface area contributed by atoms with Crippen molar-refractivity contribution in [3.8, 4) is 0 Å². The highest BCUT2D eigenvalue weighted by Crippen LogP contribution is 2.15. The van der Waals surface area contributed by atoms with Crippen molar-refractivity contribution >= 4 is 22.8 Å². The van der Waals surface area contributed by atoms with Crippen LogP contribution in [0.5, 0.6) is 0 Å². The van der Waals surface area contributed by atoms with E-state index in [2.05, 4.69) is 0 Å². The second-order valence-corrected chi connectivity index (χ2v) is 4.61. The molecule has 19 heavy (non-hydrogen) atoms. The van der Waals surface area contributed by atoms with E-state index in [0.29, 0.717) is 19.4 Å². The average Bonchev–Trinajstić information content (AvgIpc) is 2.42. The second-order valence-electron chi connectivity index (χ2n) is 4.23. The maximum atomic E-state index is 11.8. The Balaban J connectivity index is 2.46. The Morgan fingerprint density at radius 2 is 1.89 bits per heavy atom. The van der Waals surface area contributed by atoms with Crippen LogP contribution in [0, 0.1) is 5.92 Å². The van der Waals surface area contributed by atoms with Crippen LogP contribution < -0.4 is 5.73 Å². The number of hydrogen-bond acceptors (Lipinski definition) is 4. The van der Waals surface area contributed by atoms with Crippen LogP contribution in [0.3, 0.4) is 0 Å². The molecule has 1 unspecified atom stereocenters. The van der Waals surface area contributed by atoms with Crippen LogP contribution in [0.15, 0.2) is 30.3 Å². The average molecular weight is 284 g/mol. The first-order valence-corrected chi connectivity index (χ1v) is 6.63. The highest BCUT2D eigenvalue weighted by atomic mass is 35.5. The van der Waals surface area contributed by atoms with Gasteiger partial charge in [-0.05, 0) is 36.6 Å². The van der Waals surface area contributed by atoms with Gasteiger partial charge in [0.2, 0.25) is 5.24 Å². The highest BCUT2D eigenvalue weighted by Gasteiger charge is 2.26. The molecule has 0 heterocycles. The van der Waals surface area contributed by atoms with Gasteiger partial charge in [0.25, 0.3) is 0 Å². The topological polar surface area (TPSA) is 69.4 Å². The quantitative estimate of drug-likeness (QED) is 0.344. The molecule has 1 rings (SSSR count). The van der Waals surface area contributed by atoms with Gasteiger partial charge in [-0.2, -0.15) is 0 Å². The minimum atomic E-state index is -0.892. The molecule has 4 nitrogen and oxygen atoms in total. The van der Waals surface area contributed by atoms with Gasteiger partial charge in [-0.15, -0.1) is 0 Å². The summed E-state index contributed by atoms with van der Waals surface area (Å²) in [6.45, 7) is 0.680. The molecule has 0 fully saturated rings. The smallest absolute Gasteiger partial charge is 0.318 e. The van der Waals surface area contributed by atoms with E-state index < -0.39 is 17.1 Å². The molecule has 0 aliphatic rings. The van der Waals surface area contributed by atoms with Gasteiger partial charge in [0, 0.05) is 0 Å². The van der Waals surface area contributed by atoms with Gasteiger partial charge in [0.15, 0.2) is 0 Å². The van der Waals surface area contributed by atoms with E-state index in [9.17, 15) is 9.59 Å². The number of hydrogen-bond donors (Lipinski definition) is 1. The first-order valence-electron chi connectivity index (χ1n) is 6.25. The van der Waals surface area contributed by atoms with Gasteiger partial charge in [0.1, 0.15) is 12.5 Å². The number of carbonyl (C=O) groups excluding carboxylic acids is 2. The maximum Gasteiger partial charge on any atom is 0.318 e. The van der Waals surface area contributed by atoms with Crippen molar-refractivity contribution < 1.29 is 14.3 Å². The van der Waals surface area contributed by atoms with Gasteiger partial charge in [-0.3, -0.25) is 9.59 Å². The molecule has 0 aliphatic heterocycles. The molecule has 2 N–H and O–H groups in total. The third-order valence-corrected chi connectivity index (χ3v) is 2.99. The first-order chi connectivity index (χ1) is 9.15. The molecule has 1 aromatic carbocycles. The van der Waals surface area contributed by atoms with Gasteiger partial charge in [-0.1, -0.05) is 36.8 Å². The summed E-state index contributed by atoms with van der Waals surface area (Å²) in [6, 6.07) is 9.28. The minimum absolute atomic E-state index is 0.150. The lowest BCUT2D eigenvalue weighted by molar-refractivity contribution is -0.152. The summed E-state index contributed by atoms with van der Waals surface area (Å²) in [5.41, 5.74) is 6.24. The molecule has 0 saturated heterocycles. The Hall–Kier alpha value is -1.39. The summed E-state index contributed by atoms with van der Waals surface area (Å²) in [5.74, 6) is -1.46. The zero-order chi connectivity index (χ0) is 14.1. The molecule has 0 amide bonds. The van der Waals surface area contributed by atoms with Gasteiger partial charge in [0.05, 0.1) is 0 Å². The number of unbranched alkanes of at least 4 members (excludes halogenated alkanes) is 1. The predicted octanol–water partition coefficient (Wildman–Crippen LogP) is 2.24. The number of ether oxygens (including phenoxy) is 1. The Bertz CT molecular complexity index is 408. The zero-order valence-corrected chi connectivity index (χ0v) is 11.4. The van der Waals surface area contributed by atoms with E-state index in [-0.39, 0.29) is 6.61 Å². The van der Waals surface area contributed by atoms with Crippen molar-refractivity contribution in [1.82, 2.24) is 0 Å². The monoisotopic (exact) mass is 283 g/mol. The number of benzene rings is 1. The number of esters is 1. The fourth-order valence-electron chi connectivity index (χ4n) is 1.65. The van der Waals surface area contributed by atoms with Crippen molar-refractivity contribution in [1.29, 1.82) is 0 Å². The van der Waals surface area contributed by atoms with Crippen LogP contribution in [-0.4, -0.2) is 17.8 Å². The normalized spacial score (nSPS) is 11.9. The zero-order valence-electron chi connectivity index (χ0n) is 10.7. The Morgan fingerprint density at radius 1 is 1.21 bits per heavy atom. The lowest BCUT2D eigenvalue weighted by atomic mass is 10.0. The van der Waals surface area contributed by atoms with Gasteiger partial charge >= 0.3 is 5.97 Å². The molecule has 1 aromatic rings. The summed E-state index contributed by atoms with van der Waals surface area (Å²) < 4.78 is 5.11. The van der Waals surface area contributed by atoms with Crippen LogP contribution in [-0.2, 0) is 20.9 Å². The van der Waals surface area contributed by atoms with Crippen LogP contribution in [0.2, 0.25) is 0 Å². The van der Waals surface area contributed by atoms with Gasteiger partial charge < -0.3 is 10.5 Å². The number of rotatable bonds is 8. The predicted molar refractivity (Wildman–Crippen MR) is 73.5 cm³/mol. The molecule has 0 aliphatic carbocycles. The maximum absolute atomic E-state index is 11.8. The van der Waals surface area contributed by atoms with E-state index in [4.69, 9.17) is 22.1 Å². The van der Waals surface area contributed by atoms with E-state index in [1.165, 1.54) is 0 Å². The minimum Gasteiger partial charge on any atom is -0.460 e. The van der Waals surface area contributed by atoms with E-state index in [1.54, 1.807) is 0 Å². The van der Waals surface area contributed by atoms with Crippen molar-refractivity contribution in [3.05, 3.63) is 35.9 Å².